The van der Waals surface area contributed by atoms with Crippen molar-refractivity contribution in [2.75, 3.05) is 4.72 Å². The van der Waals surface area contributed by atoms with E-state index in [0.717, 1.165) is 24.3 Å². The number of hydrogen-bond acceptors (Lipinski definition) is 5. The number of para-hydroxylation sites is 1. The molecular formula is C16H15FN2O5S. The first kappa shape index (κ1) is 18.4. The van der Waals surface area contributed by atoms with Crippen LogP contribution in [0.15, 0.2) is 53.4 Å². The molecule has 0 spiro atoms. The molecule has 0 aliphatic heterocycles. The summed E-state index contributed by atoms with van der Waals surface area (Å²) in [6.45, 7) is 1.30. The summed E-state index contributed by atoms with van der Waals surface area (Å²) in [6.07, 6.45) is -1.17. The molecule has 0 aromatic heterocycles. The summed E-state index contributed by atoms with van der Waals surface area (Å²) in [5.74, 6) is -2.33. The van der Waals surface area contributed by atoms with Crippen molar-refractivity contribution in [2.24, 2.45) is 5.73 Å². The van der Waals surface area contributed by atoms with E-state index in [0.29, 0.717) is 0 Å². The highest BCUT2D eigenvalue weighted by Crippen LogP contribution is 2.21. The molecule has 0 aliphatic rings. The largest absolute Gasteiger partial charge is 0.449 e. The summed E-state index contributed by atoms with van der Waals surface area (Å²) in [5.41, 5.74) is 4.89. The van der Waals surface area contributed by atoms with Gasteiger partial charge in [-0.1, -0.05) is 12.1 Å². The number of amides is 1. The van der Waals surface area contributed by atoms with Gasteiger partial charge in [-0.05, 0) is 43.3 Å². The lowest BCUT2D eigenvalue weighted by Gasteiger charge is -2.14. The van der Waals surface area contributed by atoms with Crippen LogP contribution in [0.3, 0.4) is 0 Å². The molecule has 0 bridgehead atoms. The zero-order valence-corrected chi connectivity index (χ0v) is 13.9. The number of ether oxygens (including phenoxy) is 1. The minimum absolute atomic E-state index is 0.0477. The standard InChI is InChI=1S/C16H15FN2O5S/c1-10(15(18)20)24-16(21)13-4-2-3-5-14(13)19-25(22,23)12-8-6-11(17)7-9-12/h2-10,19H,1H3,(H2,18,20)/t10-/m0/s1. The Bertz CT molecular complexity index is 897. The molecule has 2 aromatic rings. The lowest BCUT2D eigenvalue weighted by Crippen LogP contribution is -2.30. The highest BCUT2D eigenvalue weighted by atomic mass is 32.2. The quantitative estimate of drug-likeness (QED) is 0.754. The maximum atomic E-state index is 12.9. The van der Waals surface area contributed by atoms with Gasteiger partial charge in [0.25, 0.3) is 15.9 Å². The van der Waals surface area contributed by atoms with Crippen molar-refractivity contribution in [2.45, 2.75) is 17.9 Å². The zero-order valence-electron chi connectivity index (χ0n) is 13.1. The molecule has 0 heterocycles. The Balaban J connectivity index is 2.30. The lowest BCUT2D eigenvalue weighted by atomic mass is 10.2. The number of esters is 1. The fourth-order valence-electron chi connectivity index (χ4n) is 1.85. The van der Waals surface area contributed by atoms with E-state index in [-0.39, 0.29) is 16.1 Å². The molecule has 0 radical (unpaired) electrons. The fourth-order valence-corrected chi connectivity index (χ4v) is 2.93. The van der Waals surface area contributed by atoms with E-state index in [1.807, 2.05) is 0 Å². The number of hydrogen-bond donors (Lipinski definition) is 2. The van der Waals surface area contributed by atoms with E-state index in [2.05, 4.69) is 4.72 Å². The molecular weight excluding hydrogens is 351 g/mol. The first-order chi connectivity index (χ1) is 11.7. The highest BCUT2D eigenvalue weighted by Gasteiger charge is 2.22. The van der Waals surface area contributed by atoms with Gasteiger partial charge in [0.05, 0.1) is 16.1 Å². The van der Waals surface area contributed by atoms with E-state index in [4.69, 9.17) is 10.5 Å². The van der Waals surface area contributed by atoms with Crippen LogP contribution in [0.25, 0.3) is 0 Å². The minimum Gasteiger partial charge on any atom is -0.449 e. The van der Waals surface area contributed by atoms with E-state index in [1.54, 1.807) is 0 Å². The van der Waals surface area contributed by atoms with Crippen LogP contribution in [0.1, 0.15) is 17.3 Å². The number of anilines is 1. The van der Waals surface area contributed by atoms with Gasteiger partial charge in [-0.15, -0.1) is 0 Å². The van der Waals surface area contributed by atoms with Gasteiger partial charge in [0.1, 0.15) is 5.82 Å². The molecule has 3 N–H and O–H groups in total. The normalized spacial score (nSPS) is 12.2. The molecule has 0 fully saturated rings. The Morgan fingerprint density at radius 3 is 2.32 bits per heavy atom. The third-order valence-electron chi connectivity index (χ3n) is 3.20. The fraction of sp³-hybridized carbons (Fsp3) is 0.125. The number of benzene rings is 2. The minimum atomic E-state index is -4.05. The van der Waals surface area contributed by atoms with Gasteiger partial charge >= 0.3 is 5.97 Å². The maximum absolute atomic E-state index is 12.9. The van der Waals surface area contributed by atoms with Crippen LogP contribution in [-0.4, -0.2) is 26.4 Å². The van der Waals surface area contributed by atoms with E-state index < -0.39 is 33.8 Å². The molecule has 0 saturated carbocycles. The third-order valence-corrected chi connectivity index (χ3v) is 4.58. The highest BCUT2D eigenvalue weighted by molar-refractivity contribution is 7.92. The van der Waals surface area contributed by atoms with Crippen molar-refractivity contribution in [3.8, 4) is 0 Å². The number of sulfonamides is 1. The summed E-state index contributed by atoms with van der Waals surface area (Å²) in [7, 11) is -4.05. The van der Waals surface area contributed by atoms with Crippen molar-refractivity contribution < 1.29 is 27.1 Å². The Morgan fingerprint density at radius 2 is 1.72 bits per heavy atom. The van der Waals surface area contributed by atoms with Gasteiger partial charge < -0.3 is 10.5 Å². The van der Waals surface area contributed by atoms with Gasteiger partial charge in [-0.2, -0.15) is 0 Å². The molecule has 1 atom stereocenters. The number of nitrogens with two attached hydrogens (primary N) is 1. The van der Waals surface area contributed by atoms with E-state index in [9.17, 15) is 22.4 Å². The Hall–Kier alpha value is -2.94. The van der Waals surface area contributed by atoms with Crippen LogP contribution < -0.4 is 10.5 Å². The van der Waals surface area contributed by atoms with Gasteiger partial charge in [0.2, 0.25) is 0 Å². The number of rotatable bonds is 6. The van der Waals surface area contributed by atoms with Crippen molar-refractivity contribution >= 4 is 27.6 Å². The molecule has 7 nitrogen and oxygen atoms in total. The second-order valence-corrected chi connectivity index (χ2v) is 6.74. The first-order valence-corrected chi connectivity index (χ1v) is 8.57. The molecule has 25 heavy (non-hydrogen) atoms. The van der Waals surface area contributed by atoms with E-state index in [1.165, 1.54) is 31.2 Å². The first-order valence-electron chi connectivity index (χ1n) is 7.08. The second kappa shape index (κ2) is 7.31. The molecule has 2 rings (SSSR count). The van der Waals surface area contributed by atoms with Crippen LogP contribution in [0.4, 0.5) is 10.1 Å². The predicted octanol–water partition coefficient (Wildman–Crippen LogP) is 1.66. The topological polar surface area (TPSA) is 116 Å². The smallest absolute Gasteiger partial charge is 0.341 e. The average molecular weight is 366 g/mol. The van der Waals surface area contributed by atoms with Gasteiger partial charge in [-0.25, -0.2) is 17.6 Å². The SMILES string of the molecule is C[C@H](OC(=O)c1ccccc1NS(=O)(=O)c1ccc(F)cc1)C(N)=O. The van der Waals surface area contributed by atoms with Crippen molar-refractivity contribution in [1.29, 1.82) is 0 Å². The zero-order chi connectivity index (χ0) is 18.6. The predicted molar refractivity (Wildman–Crippen MR) is 87.7 cm³/mol. The number of carbonyl (C=O) groups excluding carboxylic acids is 2. The van der Waals surface area contributed by atoms with Crippen molar-refractivity contribution in [3.63, 3.8) is 0 Å². The number of halogens is 1. The van der Waals surface area contributed by atoms with Crippen LogP contribution in [-0.2, 0) is 19.6 Å². The molecule has 0 aliphatic carbocycles. The molecule has 0 unspecified atom stereocenters. The summed E-state index contributed by atoms with van der Waals surface area (Å²) in [5, 5.41) is 0. The average Bonchev–Trinajstić information content (AvgIpc) is 2.55. The lowest BCUT2D eigenvalue weighted by molar-refractivity contribution is -0.125. The van der Waals surface area contributed by atoms with Crippen molar-refractivity contribution in [3.05, 3.63) is 59.9 Å². The second-order valence-electron chi connectivity index (χ2n) is 5.05. The van der Waals surface area contributed by atoms with Crippen LogP contribution in [0.2, 0.25) is 0 Å². The molecule has 132 valence electrons. The number of primary amides is 1. The van der Waals surface area contributed by atoms with Gasteiger partial charge in [-0.3, -0.25) is 9.52 Å². The monoisotopic (exact) mass is 366 g/mol. The van der Waals surface area contributed by atoms with Crippen LogP contribution in [0, 0.1) is 5.82 Å². The Morgan fingerprint density at radius 1 is 1.12 bits per heavy atom. The molecule has 2 aromatic carbocycles. The van der Waals surface area contributed by atoms with E-state index >= 15 is 0 Å². The van der Waals surface area contributed by atoms with Crippen LogP contribution >= 0.6 is 0 Å². The maximum Gasteiger partial charge on any atom is 0.341 e. The van der Waals surface area contributed by atoms with Gasteiger partial charge in [0, 0.05) is 0 Å². The Kier molecular flexibility index (Phi) is 5.38. The number of nitrogens with one attached hydrogen (secondary N) is 1. The molecule has 9 heteroatoms. The summed E-state index contributed by atoms with van der Waals surface area (Å²) in [6, 6.07) is 9.89. The summed E-state index contributed by atoms with van der Waals surface area (Å²) in [4.78, 5) is 22.9. The van der Waals surface area contributed by atoms with Gasteiger partial charge in [0.15, 0.2) is 6.10 Å². The molecule has 1 amide bonds. The Labute approximate surface area is 143 Å². The number of carbonyl (C=O) groups is 2. The molecule has 0 saturated heterocycles. The third kappa shape index (κ3) is 4.54. The summed E-state index contributed by atoms with van der Waals surface area (Å²) >= 11 is 0. The summed E-state index contributed by atoms with van der Waals surface area (Å²) < 4.78 is 44.8. The van der Waals surface area contributed by atoms with Crippen LogP contribution in [0.5, 0.6) is 0 Å². The van der Waals surface area contributed by atoms with Crippen molar-refractivity contribution in [1.82, 2.24) is 0 Å².